The number of phenols is 7. The zero-order valence-electron chi connectivity index (χ0n) is 24.0. The van der Waals surface area contributed by atoms with Crippen LogP contribution in [0, 0.1) is 5.92 Å². The van der Waals surface area contributed by atoms with Gasteiger partial charge in [-0.15, -0.1) is 0 Å². The Labute approximate surface area is 256 Å². The Hall–Kier alpha value is -5.77. The molecule has 0 fully saturated rings. The van der Waals surface area contributed by atoms with Crippen LogP contribution in [0.5, 0.6) is 46.0 Å². The lowest BCUT2D eigenvalue weighted by Gasteiger charge is -2.38. The number of hydrogen-bond donors (Lipinski definition) is 8. The average molecular weight is 611 g/mol. The second kappa shape index (κ2) is 11.1. The maximum absolute atomic E-state index is 13.0. The molecule has 0 radical (unpaired) electrons. The van der Waals surface area contributed by atoms with Gasteiger partial charge in [-0.1, -0.05) is 23.8 Å². The molecule has 3 atom stereocenters. The van der Waals surface area contributed by atoms with Crippen molar-refractivity contribution in [3.63, 3.8) is 0 Å². The fourth-order valence-electron chi connectivity index (χ4n) is 6.44. The van der Waals surface area contributed by atoms with Crippen LogP contribution in [0.2, 0.25) is 0 Å². The molecule has 1 aromatic heterocycles. The molecule has 1 heterocycles. The summed E-state index contributed by atoms with van der Waals surface area (Å²) in [6.45, 7) is 1.87. The van der Waals surface area contributed by atoms with Crippen molar-refractivity contribution in [2.45, 2.75) is 31.6 Å². The van der Waals surface area contributed by atoms with Gasteiger partial charge in [0.15, 0.2) is 5.76 Å². The van der Waals surface area contributed by atoms with Gasteiger partial charge in [-0.2, -0.15) is 0 Å². The quantitative estimate of drug-likeness (QED) is 0.107. The third-order valence-corrected chi connectivity index (χ3v) is 8.55. The molecule has 1 aliphatic carbocycles. The van der Waals surface area contributed by atoms with E-state index in [1.807, 2.05) is 13.0 Å². The van der Waals surface area contributed by atoms with E-state index in [9.17, 15) is 45.6 Å². The van der Waals surface area contributed by atoms with Crippen LogP contribution in [-0.2, 0) is 6.42 Å². The summed E-state index contributed by atoms with van der Waals surface area (Å²) in [7, 11) is 0. The Morgan fingerprint density at radius 2 is 1.40 bits per heavy atom. The second-order valence-electron chi connectivity index (χ2n) is 11.5. The van der Waals surface area contributed by atoms with E-state index in [1.165, 1.54) is 54.6 Å². The van der Waals surface area contributed by atoms with Gasteiger partial charge in [0.05, 0.1) is 10.9 Å². The van der Waals surface area contributed by atoms with Crippen LogP contribution in [0.15, 0.2) is 87.6 Å². The van der Waals surface area contributed by atoms with Gasteiger partial charge in [-0.3, -0.25) is 4.79 Å². The largest absolute Gasteiger partial charge is 0.508 e. The first-order chi connectivity index (χ1) is 21.4. The van der Waals surface area contributed by atoms with Gasteiger partial charge in [0, 0.05) is 29.7 Å². The van der Waals surface area contributed by atoms with Crippen LogP contribution in [0.25, 0.3) is 22.3 Å². The monoisotopic (exact) mass is 610 g/mol. The Balaban J connectivity index is 1.56. The molecule has 45 heavy (non-hydrogen) atoms. The van der Waals surface area contributed by atoms with Crippen molar-refractivity contribution < 1.29 is 45.3 Å². The van der Waals surface area contributed by atoms with Gasteiger partial charge in [-0.05, 0) is 79.1 Å². The lowest BCUT2D eigenvalue weighted by molar-refractivity contribution is 0.329. The highest BCUT2D eigenvalue weighted by Gasteiger charge is 2.39. The van der Waals surface area contributed by atoms with Crippen LogP contribution in [0.4, 0.5) is 0 Å². The van der Waals surface area contributed by atoms with E-state index in [4.69, 9.17) is 4.42 Å². The SMILES string of the molecule is CC1=CC(c2c(O)ccc(-c3oc4cc(O)ccc4c(=O)c3O)c2O)C(Cc2ccc(O)cc2O)C(c2ccc(O)cc2O)C1. The molecule has 0 saturated heterocycles. The predicted octanol–water partition coefficient (Wildman–Crippen LogP) is 6.18. The minimum atomic E-state index is -0.780. The number of aromatic hydroxyl groups is 8. The lowest BCUT2D eigenvalue weighted by Crippen LogP contribution is -2.26. The van der Waals surface area contributed by atoms with E-state index in [-0.39, 0.29) is 68.8 Å². The highest BCUT2D eigenvalue weighted by atomic mass is 16.4. The predicted molar refractivity (Wildman–Crippen MR) is 165 cm³/mol. The molecular weight excluding hydrogens is 580 g/mol. The van der Waals surface area contributed by atoms with E-state index in [0.717, 1.165) is 5.57 Å². The molecule has 8 N–H and O–H groups in total. The smallest absolute Gasteiger partial charge is 0.235 e. The number of phenolic OH excluding ortho intramolecular Hbond substituents is 7. The maximum Gasteiger partial charge on any atom is 0.235 e. The molecule has 0 saturated carbocycles. The molecule has 1 aliphatic rings. The first-order valence-corrected chi connectivity index (χ1v) is 14.2. The summed E-state index contributed by atoms with van der Waals surface area (Å²) in [6, 6.07) is 14.9. The third-order valence-electron chi connectivity index (χ3n) is 8.55. The first-order valence-electron chi connectivity index (χ1n) is 14.2. The number of hydrogen-bond acceptors (Lipinski definition) is 10. The molecule has 0 amide bonds. The summed E-state index contributed by atoms with van der Waals surface area (Å²) in [4.78, 5) is 13.0. The van der Waals surface area contributed by atoms with Crippen molar-refractivity contribution in [3.05, 3.63) is 105 Å². The molecule has 5 aromatic rings. The van der Waals surface area contributed by atoms with E-state index >= 15 is 0 Å². The van der Waals surface area contributed by atoms with Crippen molar-refractivity contribution in [3.8, 4) is 57.3 Å². The number of fused-ring (bicyclic) bond motifs is 1. The Kier molecular flexibility index (Phi) is 7.20. The summed E-state index contributed by atoms with van der Waals surface area (Å²) in [5, 5.41) is 85.2. The van der Waals surface area contributed by atoms with Crippen molar-refractivity contribution in [2.75, 3.05) is 0 Å². The zero-order valence-corrected chi connectivity index (χ0v) is 24.0. The number of rotatable bonds is 5. The van der Waals surface area contributed by atoms with Crippen LogP contribution >= 0.6 is 0 Å². The lowest BCUT2D eigenvalue weighted by atomic mass is 9.65. The summed E-state index contributed by atoms with van der Waals surface area (Å²) in [6.07, 6.45) is 2.50. The average Bonchev–Trinajstić information content (AvgIpc) is 2.97. The summed E-state index contributed by atoms with van der Waals surface area (Å²) >= 11 is 0. The molecule has 6 rings (SSSR count). The van der Waals surface area contributed by atoms with Crippen LogP contribution in [-0.4, -0.2) is 40.9 Å². The van der Waals surface area contributed by atoms with E-state index in [1.54, 1.807) is 12.1 Å². The van der Waals surface area contributed by atoms with Crippen molar-refractivity contribution in [1.82, 2.24) is 0 Å². The molecular formula is C35H30O10. The highest BCUT2D eigenvalue weighted by Crippen LogP contribution is 2.54. The fraction of sp³-hybridized carbons (Fsp3) is 0.171. The number of allylic oxidation sites excluding steroid dienone is 2. The molecule has 10 heteroatoms. The minimum Gasteiger partial charge on any atom is -0.508 e. The third kappa shape index (κ3) is 5.20. The highest BCUT2D eigenvalue weighted by molar-refractivity contribution is 5.84. The second-order valence-corrected chi connectivity index (χ2v) is 11.5. The van der Waals surface area contributed by atoms with Crippen LogP contribution in [0.1, 0.15) is 41.9 Å². The van der Waals surface area contributed by atoms with Gasteiger partial charge >= 0.3 is 0 Å². The molecule has 3 unspecified atom stereocenters. The molecule has 4 aromatic carbocycles. The standard InChI is InChI=1S/C35H30O10/c1-16-10-24(21-6-4-19(37)14-29(21)41)25(12-17-2-3-18(36)13-28(17)40)26(11-16)31-27(39)9-8-23(32(31)42)35-34(44)33(43)22-7-5-20(38)15-30(22)45-35/h2-9,11,13-15,24-26,36-42,44H,10,12H2,1H3. The zero-order chi connectivity index (χ0) is 32.2. The molecule has 230 valence electrons. The molecule has 10 nitrogen and oxygen atoms in total. The summed E-state index contributed by atoms with van der Waals surface area (Å²) < 4.78 is 5.81. The van der Waals surface area contributed by atoms with Crippen molar-refractivity contribution in [1.29, 1.82) is 0 Å². The van der Waals surface area contributed by atoms with E-state index in [0.29, 0.717) is 17.5 Å². The van der Waals surface area contributed by atoms with Gasteiger partial charge < -0.3 is 45.3 Å². The van der Waals surface area contributed by atoms with Crippen molar-refractivity contribution in [2.24, 2.45) is 5.92 Å². The maximum atomic E-state index is 13.0. The van der Waals surface area contributed by atoms with Crippen LogP contribution < -0.4 is 5.43 Å². The summed E-state index contributed by atoms with van der Waals surface area (Å²) in [5.74, 6) is -4.37. The Morgan fingerprint density at radius 1 is 0.733 bits per heavy atom. The normalized spacial score (nSPS) is 18.2. The Bertz CT molecular complexity index is 2060. The minimum absolute atomic E-state index is 0.0173. The van der Waals surface area contributed by atoms with Gasteiger partial charge in [0.25, 0.3) is 0 Å². The topological polar surface area (TPSA) is 192 Å². The van der Waals surface area contributed by atoms with Gasteiger partial charge in [0.1, 0.15) is 45.8 Å². The number of benzene rings is 4. The van der Waals surface area contributed by atoms with Gasteiger partial charge in [-0.25, -0.2) is 0 Å². The molecule has 0 aliphatic heterocycles. The summed E-state index contributed by atoms with van der Waals surface area (Å²) in [5.41, 5.74) is 0.985. The Morgan fingerprint density at radius 3 is 2.11 bits per heavy atom. The van der Waals surface area contributed by atoms with E-state index < -0.39 is 34.7 Å². The fourth-order valence-corrected chi connectivity index (χ4v) is 6.44. The first kappa shape index (κ1) is 29.3. The molecule has 0 spiro atoms. The van der Waals surface area contributed by atoms with Crippen LogP contribution in [0.3, 0.4) is 0 Å². The van der Waals surface area contributed by atoms with Gasteiger partial charge in [0.2, 0.25) is 11.2 Å². The van der Waals surface area contributed by atoms with E-state index in [2.05, 4.69) is 0 Å². The van der Waals surface area contributed by atoms with Crippen molar-refractivity contribution >= 4 is 11.0 Å². The molecule has 0 bridgehead atoms.